The largest absolute Gasteiger partial charge is 0.494 e. The van der Waals surface area contributed by atoms with Gasteiger partial charge < -0.3 is 14.6 Å². The Labute approximate surface area is 224 Å². The smallest absolute Gasteiger partial charge is 0.307 e. The third-order valence-corrected chi connectivity index (χ3v) is 7.89. The maximum Gasteiger partial charge on any atom is 0.307 e. The molecule has 0 aliphatic heterocycles. The number of rotatable bonds is 10. The molecule has 0 spiro atoms. The maximum absolute atomic E-state index is 11.3. The Kier molecular flexibility index (Phi) is 6.88. The zero-order valence-electron chi connectivity index (χ0n) is 22.5. The molecular formula is C32H34N2O4. The molecule has 0 radical (unpaired) electrons. The summed E-state index contributed by atoms with van der Waals surface area (Å²) in [6.07, 6.45) is 4.24. The molecule has 0 unspecified atom stereocenters. The number of benzene rings is 2. The Morgan fingerprint density at radius 2 is 1.92 bits per heavy atom. The van der Waals surface area contributed by atoms with Gasteiger partial charge in [0, 0.05) is 18.2 Å². The Morgan fingerprint density at radius 3 is 2.63 bits per heavy atom. The van der Waals surface area contributed by atoms with Gasteiger partial charge in [0.25, 0.3) is 0 Å². The fourth-order valence-electron chi connectivity index (χ4n) is 5.88. The van der Waals surface area contributed by atoms with Crippen molar-refractivity contribution in [1.82, 2.24) is 4.98 Å². The van der Waals surface area contributed by atoms with Crippen molar-refractivity contribution >= 4 is 5.97 Å². The summed E-state index contributed by atoms with van der Waals surface area (Å²) >= 11 is 0. The van der Waals surface area contributed by atoms with Gasteiger partial charge in [-0.3, -0.25) is 4.79 Å². The van der Waals surface area contributed by atoms with Crippen LogP contribution in [0.25, 0.3) is 11.1 Å². The number of ether oxygens (including phenoxy) is 2. The van der Waals surface area contributed by atoms with Crippen LogP contribution < -0.4 is 9.47 Å². The van der Waals surface area contributed by atoms with Crippen molar-refractivity contribution in [2.24, 2.45) is 17.3 Å². The summed E-state index contributed by atoms with van der Waals surface area (Å²) < 4.78 is 12.0. The van der Waals surface area contributed by atoms with E-state index in [-0.39, 0.29) is 23.2 Å². The van der Waals surface area contributed by atoms with E-state index in [0.717, 1.165) is 52.8 Å². The Balaban J connectivity index is 1.22. The first-order valence-corrected chi connectivity index (χ1v) is 13.3. The molecule has 6 nitrogen and oxygen atoms in total. The second-order valence-corrected chi connectivity index (χ2v) is 11.3. The van der Waals surface area contributed by atoms with Gasteiger partial charge in [0.15, 0.2) is 0 Å². The number of aliphatic carboxylic acids is 1. The van der Waals surface area contributed by atoms with E-state index >= 15 is 0 Å². The van der Waals surface area contributed by atoms with E-state index in [1.54, 1.807) is 6.20 Å². The summed E-state index contributed by atoms with van der Waals surface area (Å²) in [5, 5.41) is 18.5. The van der Waals surface area contributed by atoms with Crippen molar-refractivity contribution in [2.45, 2.75) is 59.5 Å². The molecule has 0 bridgehead atoms. The lowest BCUT2D eigenvalue weighted by Crippen LogP contribution is -2.10. The van der Waals surface area contributed by atoms with Crippen molar-refractivity contribution in [3.05, 3.63) is 76.5 Å². The van der Waals surface area contributed by atoms with Gasteiger partial charge in [0.1, 0.15) is 12.4 Å². The fraction of sp³-hybridized carbons (Fsp3) is 0.406. The minimum Gasteiger partial charge on any atom is -0.494 e. The summed E-state index contributed by atoms with van der Waals surface area (Å²) in [4.78, 5) is 15.8. The van der Waals surface area contributed by atoms with Gasteiger partial charge in [-0.1, -0.05) is 18.2 Å². The van der Waals surface area contributed by atoms with E-state index in [1.807, 2.05) is 32.0 Å². The second kappa shape index (κ2) is 10.1. The van der Waals surface area contributed by atoms with Gasteiger partial charge in [0.05, 0.1) is 24.0 Å². The third kappa shape index (κ3) is 5.24. The normalized spacial score (nSPS) is 19.3. The standard InChI is InChI=1S/C32H34N2O4/c1-19-11-24(37-10-6-9-32(3,4)18-33)12-20(2)28(19)22-8-5-7-21(13-22)17-38-27-15-23-14-25-29(26(23)16-34-27)30(25)31(35)36/h5,7-8,11-13,15-16,25,29-30H,6,9-10,14,17H2,1-4H3,(H,35,36)/t25-,29+,30+/m1/s1. The van der Waals surface area contributed by atoms with E-state index in [4.69, 9.17) is 9.47 Å². The number of pyridine rings is 1. The first kappa shape index (κ1) is 25.8. The molecule has 6 heteroatoms. The van der Waals surface area contributed by atoms with Crippen LogP contribution in [0.3, 0.4) is 0 Å². The molecule has 1 heterocycles. The van der Waals surface area contributed by atoms with Crippen molar-refractivity contribution in [3.8, 4) is 28.8 Å². The van der Waals surface area contributed by atoms with E-state index in [0.29, 0.717) is 19.1 Å². The van der Waals surface area contributed by atoms with Crippen LogP contribution in [-0.2, 0) is 17.8 Å². The number of fused-ring (bicyclic) bond motifs is 3. The summed E-state index contributed by atoms with van der Waals surface area (Å²) in [6.45, 7) is 9.11. The van der Waals surface area contributed by atoms with Crippen LogP contribution in [-0.4, -0.2) is 22.7 Å². The lowest BCUT2D eigenvalue weighted by atomic mass is 9.90. The topological polar surface area (TPSA) is 92.4 Å². The van der Waals surface area contributed by atoms with Gasteiger partial charge in [0.2, 0.25) is 5.88 Å². The average Bonchev–Trinajstić information content (AvgIpc) is 3.48. The van der Waals surface area contributed by atoms with Gasteiger partial charge in [-0.05, 0) is 110 Å². The molecule has 2 aliphatic rings. The maximum atomic E-state index is 11.3. The first-order valence-electron chi connectivity index (χ1n) is 13.3. The summed E-state index contributed by atoms with van der Waals surface area (Å²) in [6, 6.07) is 16.8. The molecule has 1 fully saturated rings. The zero-order chi connectivity index (χ0) is 27.0. The first-order chi connectivity index (χ1) is 18.2. The summed E-state index contributed by atoms with van der Waals surface area (Å²) in [5.74, 6) is 0.833. The van der Waals surface area contributed by atoms with Crippen LogP contribution in [0.5, 0.6) is 11.6 Å². The van der Waals surface area contributed by atoms with Gasteiger partial charge in [-0.2, -0.15) is 5.26 Å². The van der Waals surface area contributed by atoms with Crippen LogP contribution in [0, 0.1) is 42.4 Å². The molecule has 1 aromatic heterocycles. The quantitative estimate of drug-likeness (QED) is 0.308. The zero-order valence-corrected chi connectivity index (χ0v) is 22.5. The van der Waals surface area contributed by atoms with Crippen molar-refractivity contribution in [3.63, 3.8) is 0 Å². The van der Waals surface area contributed by atoms with Crippen molar-refractivity contribution in [1.29, 1.82) is 5.26 Å². The number of carbonyl (C=O) groups is 1. The van der Waals surface area contributed by atoms with Gasteiger partial charge in [-0.15, -0.1) is 0 Å². The predicted molar refractivity (Wildman–Crippen MR) is 145 cm³/mol. The van der Waals surface area contributed by atoms with Crippen LogP contribution in [0.2, 0.25) is 0 Å². The summed E-state index contributed by atoms with van der Waals surface area (Å²) in [7, 11) is 0. The molecule has 38 heavy (non-hydrogen) atoms. The fourth-order valence-corrected chi connectivity index (χ4v) is 5.88. The predicted octanol–water partition coefficient (Wildman–Crippen LogP) is 6.62. The highest BCUT2D eigenvalue weighted by Crippen LogP contribution is 2.61. The minimum absolute atomic E-state index is 0.125. The molecule has 3 atom stereocenters. The van der Waals surface area contributed by atoms with E-state index in [2.05, 4.69) is 49.2 Å². The lowest BCUT2D eigenvalue weighted by Gasteiger charge is -2.17. The van der Waals surface area contributed by atoms with E-state index in [1.165, 1.54) is 11.1 Å². The molecule has 5 rings (SSSR count). The molecule has 3 aromatic rings. The lowest BCUT2D eigenvalue weighted by molar-refractivity contribution is -0.139. The molecule has 1 saturated carbocycles. The molecule has 0 saturated heterocycles. The van der Waals surface area contributed by atoms with Crippen LogP contribution in [0.15, 0.2) is 48.7 Å². The number of carboxylic acids is 1. The Morgan fingerprint density at radius 1 is 1.16 bits per heavy atom. The number of carboxylic acid groups (broad SMARTS) is 1. The third-order valence-electron chi connectivity index (χ3n) is 7.89. The summed E-state index contributed by atoms with van der Waals surface area (Å²) in [5.41, 5.74) is 7.58. The second-order valence-electron chi connectivity index (χ2n) is 11.3. The van der Waals surface area contributed by atoms with Gasteiger partial charge in [-0.25, -0.2) is 4.98 Å². The van der Waals surface area contributed by atoms with Crippen LogP contribution in [0.1, 0.15) is 60.4 Å². The molecule has 2 aliphatic carbocycles. The van der Waals surface area contributed by atoms with E-state index < -0.39 is 5.97 Å². The van der Waals surface area contributed by atoms with Crippen molar-refractivity contribution in [2.75, 3.05) is 6.61 Å². The molecule has 0 amide bonds. The minimum atomic E-state index is -0.699. The highest BCUT2D eigenvalue weighted by molar-refractivity contribution is 5.77. The highest BCUT2D eigenvalue weighted by atomic mass is 16.5. The van der Waals surface area contributed by atoms with Crippen LogP contribution in [0.4, 0.5) is 0 Å². The van der Waals surface area contributed by atoms with E-state index in [9.17, 15) is 15.2 Å². The Hall–Kier alpha value is -3.85. The monoisotopic (exact) mass is 510 g/mol. The highest BCUT2D eigenvalue weighted by Gasteiger charge is 2.59. The Bertz CT molecular complexity index is 1400. The number of hydrogen-bond acceptors (Lipinski definition) is 5. The average molecular weight is 511 g/mol. The number of aromatic nitrogens is 1. The molecular weight excluding hydrogens is 476 g/mol. The van der Waals surface area contributed by atoms with Crippen LogP contribution >= 0.6 is 0 Å². The molecule has 196 valence electrons. The van der Waals surface area contributed by atoms with Crippen molar-refractivity contribution < 1.29 is 19.4 Å². The molecule has 2 aromatic carbocycles. The number of aryl methyl sites for hydroxylation is 2. The number of nitrogens with zero attached hydrogens (tertiary/aromatic N) is 2. The number of nitriles is 1. The number of hydrogen-bond donors (Lipinski definition) is 1. The SMILES string of the molecule is Cc1cc(OCCCC(C)(C)C#N)cc(C)c1-c1cccc(COc2cc3c(cn2)[C@@H]2[C@@H](C3)[C@@H]2C(=O)O)c1. The van der Waals surface area contributed by atoms with Gasteiger partial charge >= 0.3 is 5.97 Å². The molecule has 1 N–H and O–H groups in total.